The lowest BCUT2D eigenvalue weighted by Gasteiger charge is -2.15. The Labute approximate surface area is 281 Å². The second-order valence-electron chi connectivity index (χ2n) is 11.2. The van der Waals surface area contributed by atoms with E-state index in [-0.39, 0.29) is 31.6 Å². The van der Waals surface area contributed by atoms with E-state index in [1.54, 1.807) is 0 Å². The molecule has 0 radical (unpaired) electrons. The molecule has 1 N–H and O–H groups in total. The van der Waals surface area contributed by atoms with Crippen LogP contribution in [-0.4, -0.2) is 36.4 Å². The van der Waals surface area contributed by atoms with E-state index < -0.39 is 6.10 Å². The minimum atomic E-state index is -0.819. The van der Waals surface area contributed by atoms with E-state index in [9.17, 15) is 14.7 Å². The van der Waals surface area contributed by atoms with Crippen molar-refractivity contribution >= 4 is 11.9 Å². The van der Waals surface area contributed by atoms with Crippen molar-refractivity contribution in [3.8, 4) is 0 Å². The topological polar surface area (TPSA) is 72.8 Å². The van der Waals surface area contributed by atoms with Crippen LogP contribution in [-0.2, 0) is 19.1 Å². The third kappa shape index (κ3) is 33.7. The van der Waals surface area contributed by atoms with Crippen molar-refractivity contribution in [2.24, 2.45) is 0 Å². The summed E-state index contributed by atoms with van der Waals surface area (Å²) in [6, 6.07) is 0. The number of carbonyl (C=O) groups is 2. The molecule has 0 aromatic rings. The van der Waals surface area contributed by atoms with Crippen molar-refractivity contribution in [1.29, 1.82) is 0 Å². The molecule has 0 unspecified atom stereocenters. The van der Waals surface area contributed by atoms with E-state index in [1.807, 2.05) is 0 Å². The van der Waals surface area contributed by atoms with Crippen LogP contribution in [0, 0.1) is 0 Å². The highest BCUT2D eigenvalue weighted by Crippen LogP contribution is 2.07. The summed E-state index contributed by atoms with van der Waals surface area (Å²) in [5.41, 5.74) is 0. The minimum absolute atomic E-state index is 0.117. The van der Waals surface area contributed by atoms with Gasteiger partial charge >= 0.3 is 11.9 Å². The van der Waals surface area contributed by atoms with Crippen LogP contribution >= 0.6 is 0 Å². The van der Waals surface area contributed by atoms with Crippen molar-refractivity contribution in [2.45, 2.75) is 136 Å². The molecule has 0 aromatic heterocycles. The van der Waals surface area contributed by atoms with Crippen LogP contribution in [0.2, 0.25) is 0 Å². The highest BCUT2D eigenvalue weighted by molar-refractivity contribution is 5.70. The number of carbonyl (C=O) groups excluding carboxylic acids is 2. The van der Waals surface area contributed by atoms with Crippen LogP contribution in [0.25, 0.3) is 0 Å². The van der Waals surface area contributed by atoms with Gasteiger partial charge in [-0.15, -0.1) is 0 Å². The standard InChI is InChI=1S/C41H64O5/c1-3-5-7-9-11-13-15-17-19-20-22-23-25-27-29-31-33-35-40(43)45-38-39(37-42)46-41(44)36-34-32-30-28-26-24-21-18-16-14-12-10-8-6-4-2/h5,7,11-14,17-19,21-23,26-29,39,42H,3-4,6,8-10,15-16,20,24-25,30-38H2,1-2H3/t39-/m0/s1. The maximum Gasteiger partial charge on any atom is 0.306 e. The van der Waals surface area contributed by atoms with Gasteiger partial charge < -0.3 is 14.6 Å². The Bertz CT molecular complexity index is 948. The molecule has 0 saturated carbocycles. The van der Waals surface area contributed by atoms with Crippen molar-refractivity contribution in [3.05, 3.63) is 97.2 Å². The van der Waals surface area contributed by atoms with Crippen LogP contribution < -0.4 is 0 Å². The van der Waals surface area contributed by atoms with E-state index in [1.165, 1.54) is 25.7 Å². The van der Waals surface area contributed by atoms with Gasteiger partial charge in [-0.25, -0.2) is 0 Å². The zero-order valence-corrected chi connectivity index (χ0v) is 29.0. The summed E-state index contributed by atoms with van der Waals surface area (Å²) in [7, 11) is 0. The molecule has 46 heavy (non-hydrogen) atoms. The van der Waals surface area contributed by atoms with Crippen LogP contribution in [0.4, 0.5) is 0 Å². The van der Waals surface area contributed by atoms with Gasteiger partial charge in [0.1, 0.15) is 6.61 Å². The summed E-state index contributed by atoms with van der Waals surface area (Å²) in [4.78, 5) is 24.1. The van der Waals surface area contributed by atoms with Gasteiger partial charge in [0.05, 0.1) is 6.61 Å². The zero-order valence-electron chi connectivity index (χ0n) is 29.0. The fourth-order valence-corrected chi connectivity index (χ4v) is 4.18. The Hall–Kier alpha value is -3.18. The van der Waals surface area contributed by atoms with E-state index in [0.717, 1.165) is 70.6 Å². The Morgan fingerprint density at radius 2 is 0.935 bits per heavy atom. The lowest BCUT2D eigenvalue weighted by Crippen LogP contribution is -2.28. The molecule has 1 atom stereocenters. The van der Waals surface area contributed by atoms with Gasteiger partial charge in [0, 0.05) is 12.8 Å². The minimum Gasteiger partial charge on any atom is -0.462 e. The van der Waals surface area contributed by atoms with Crippen LogP contribution in [0.1, 0.15) is 129 Å². The summed E-state index contributed by atoms with van der Waals surface area (Å²) in [5.74, 6) is -0.717. The Kier molecular flexibility index (Phi) is 33.8. The first-order valence-corrected chi connectivity index (χ1v) is 17.8. The molecular weight excluding hydrogens is 572 g/mol. The lowest BCUT2D eigenvalue weighted by atomic mass is 10.1. The molecule has 0 amide bonds. The molecule has 0 aliphatic rings. The number of hydrogen-bond acceptors (Lipinski definition) is 5. The maximum absolute atomic E-state index is 12.1. The number of unbranched alkanes of at least 4 members (excludes halogenated alkanes) is 6. The highest BCUT2D eigenvalue weighted by Gasteiger charge is 2.15. The summed E-state index contributed by atoms with van der Waals surface area (Å²) in [5, 5.41) is 9.51. The third-order valence-corrected chi connectivity index (χ3v) is 6.86. The maximum atomic E-state index is 12.1. The largest absolute Gasteiger partial charge is 0.462 e. The van der Waals surface area contributed by atoms with Gasteiger partial charge in [-0.2, -0.15) is 0 Å². The van der Waals surface area contributed by atoms with Crippen LogP contribution in [0.3, 0.4) is 0 Å². The number of hydrogen-bond donors (Lipinski definition) is 1. The second-order valence-corrected chi connectivity index (χ2v) is 11.2. The fraction of sp³-hybridized carbons (Fsp3) is 0.561. The van der Waals surface area contributed by atoms with Gasteiger partial charge in [0.2, 0.25) is 0 Å². The van der Waals surface area contributed by atoms with Crippen LogP contribution in [0.15, 0.2) is 97.2 Å². The molecule has 0 heterocycles. The Balaban J connectivity index is 3.80. The van der Waals surface area contributed by atoms with Gasteiger partial charge in [0.15, 0.2) is 6.10 Å². The van der Waals surface area contributed by atoms with Gasteiger partial charge in [-0.05, 0) is 89.9 Å². The molecule has 258 valence electrons. The van der Waals surface area contributed by atoms with Gasteiger partial charge in [-0.1, -0.05) is 124 Å². The lowest BCUT2D eigenvalue weighted by molar-refractivity contribution is -0.161. The molecule has 0 saturated heterocycles. The smallest absolute Gasteiger partial charge is 0.306 e. The monoisotopic (exact) mass is 636 g/mol. The Morgan fingerprint density at radius 3 is 1.39 bits per heavy atom. The number of rotatable bonds is 30. The van der Waals surface area contributed by atoms with E-state index >= 15 is 0 Å². The van der Waals surface area contributed by atoms with Crippen molar-refractivity contribution in [2.75, 3.05) is 13.2 Å². The number of aliphatic hydroxyl groups is 1. The van der Waals surface area contributed by atoms with E-state index in [0.29, 0.717) is 12.8 Å². The molecule has 0 rings (SSSR count). The number of aliphatic hydroxyl groups excluding tert-OH is 1. The highest BCUT2D eigenvalue weighted by atomic mass is 16.6. The number of allylic oxidation sites excluding steroid dienone is 16. The first-order valence-electron chi connectivity index (χ1n) is 17.8. The molecule has 0 bridgehead atoms. The Morgan fingerprint density at radius 1 is 0.522 bits per heavy atom. The van der Waals surface area contributed by atoms with Gasteiger partial charge in [-0.3, -0.25) is 9.59 Å². The van der Waals surface area contributed by atoms with Crippen molar-refractivity contribution in [1.82, 2.24) is 0 Å². The molecule has 0 aliphatic heterocycles. The predicted octanol–water partition coefficient (Wildman–Crippen LogP) is 10.9. The summed E-state index contributed by atoms with van der Waals surface area (Å²) < 4.78 is 10.5. The zero-order chi connectivity index (χ0) is 33.6. The average Bonchev–Trinajstić information content (AvgIpc) is 3.06. The van der Waals surface area contributed by atoms with Crippen LogP contribution in [0.5, 0.6) is 0 Å². The predicted molar refractivity (Wildman–Crippen MR) is 195 cm³/mol. The van der Waals surface area contributed by atoms with Crippen molar-refractivity contribution in [3.63, 3.8) is 0 Å². The van der Waals surface area contributed by atoms with Gasteiger partial charge in [0.25, 0.3) is 0 Å². The average molecular weight is 637 g/mol. The first-order chi connectivity index (χ1) is 22.6. The quantitative estimate of drug-likeness (QED) is 0.0482. The fourth-order valence-electron chi connectivity index (χ4n) is 4.18. The number of esters is 2. The normalized spacial score (nSPS) is 13.4. The van der Waals surface area contributed by atoms with E-state index in [4.69, 9.17) is 9.47 Å². The molecular formula is C41H64O5. The second kappa shape index (κ2) is 36.3. The summed E-state index contributed by atoms with van der Waals surface area (Å²) in [6.45, 7) is 3.88. The van der Waals surface area contributed by atoms with Crippen molar-refractivity contribution < 1.29 is 24.2 Å². The summed E-state index contributed by atoms with van der Waals surface area (Å²) in [6.07, 6.45) is 50.4. The SMILES string of the molecule is CCC=CCC=CCC=CCC=CCC=CCCCC(=O)OC[C@H](CO)OC(=O)CCCCC=CCC=CCC=CCCCCC. The third-order valence-electron chi connectivity index (χ3n) is 6.86. The molecule has 0 spiro atoms. The van der Waals surface area contributed by atoms with E-state index in [2.05, 4.69) is 111 Å². The molecule has 0 aromatic carbocycles. The molecule has 5 nitrogen and oxygen atoms in total. The first kappa shape index (κ1) is 42.8. The summed E-state index contributed by atoms with van der Waals surface area (Å²) >= 11 is 0. The molecule has 0 fully saturated rings. The molecule has 0 aliphatic carbocycles. The number of ether oxygens (including phenoxy) is 2. The molecule has 5 heteroatoms.